The maximum atomic E-state index is 13.4. The highest BCUT2D eigenvalue weighted by molar-refractivity contribution is 6.32. The lowest BCUT2D eigenvalue weighted by Crippen LogP contribution is -2.04. The van der Waals surface area contributed by atoms with E-state index in [4.69, 9.17) is 16.3 Å². The molecule has 0 atom stereocenters. The van der Waals surface area contributed by atoms with Crippen molar-refractivity contribution in [2.45, 2.75) is 6.54 Å². The molecule has 0 aliphatic heterocycles. The quantitative estimate of drug-likeness (QED) is 0.906. The van der Waals surface area contributed by atoms with Gasteiger partial charge < -0.3 is 10.1 Å². The van der Waals surface area contributed by atoms with E-state index in [0.29, 0.717) is 16.5 Å². The zero-order valence-corrected chi connectivity index (χ0v) is 11.0. The minimum absolute atomic E-state index is 0.00332. The van der Waals surface area contributed by atoms with Gasteiger partial charge in [-0.1, -0.05) is 17.7 Å². The number of ether oxygens (including phenoxy) is 1. The summed E-state index contributed by atoms with van der Waals surface area (Å²) >= 11 is 5.89. The first kappa shape index (κ1) is 13.6. The van der Waals surface area contributed by atoms with E-state index < -0.39 is 11.6 Å². The highest BCUT2D eigenvalue weighted by Crippen LogP contribution is 2.27. The van der Waals surface area contributed by atoms with Gasteiger partial charge in [-0.25, -0.2) is 8.78 Å². The highest BCUT2D eigenvalue weighted by Gasteiger charge is 2.08. The smallest absolute Gasteiger partial charge is 0.139 e. The molecule has 0 aromatic heterocycles. The minimum atomic E-state index is -0.576. The average Bonchev–Trinajstić information content (AvgIpc) is 2.40. The number of rotatable bonds is 4. The number of benzene rings is 2. The Bertz CT molecular complexity index is 569. The molecule has 100 valence electrons. The zero-order valence-electron chi connectivity index (χ0n) is 10.2. The Morgan fingerprint density at radius 1 is 1.16 bits per heavy atom. The van der Waals surface area contributed by atoms with Gasteiger partial charge in [-0.3, -0.25) is 0 Å². The van der Waals surface area contributed by atoms with Crippen LogP contribution in [0.1, 0.15) is 5.56 Å². The van der Waals surface area contributed by atoms with E-state index in [-0.39, 0.29) is 12.1 Å². The third-order valence-corrected chi connectivity index (χ3v) is 2.99. The lowest BCUT2D eigenvalue weighted by Gasteiger charge is -2.10. The second-order valence-corrected chi connectivity index (χ2v) is 4.31. The summed E-state index contributed by atoms with van der Waals surface area (Å²) in [5.74, 6) is -0.650. The molecule has 0 unspecified atom stereocenters. The summed E-state index contributed by atoms with van der Waals surface area (Å²) in [6.45, 7) is 0.0449. The van der Waals surface area contributed by atoms with Crippen molar-refractivity contribution in [1.82, 2.24) is 0 Å². The van der Waals surface area contributed by atoms with E-state index in [9.17, 15) is 8.78 Å². The number of anilines is 1. The summed E-state index contributed by atoms with van der Waals surface area (Å²) < 4.78 is 31.9. The molecule has 2 aromatic carbocycles. The Morgan fingerprint density at radius 3 is 2.47 bits per heavy atom. The monoisotopic (exact) mass is 283 g/mol. The summed E-state index contributed by atoms with van der Waals surface area (Å²) in [6, 6.07) is 8.82. The highest BCUT2D eigenvalue weighted by atomic mass is 35.5. The molecule has 0 saturated carbocycles. The van der Waals surface area contributed by atoms with Gasteiger partial charge in [0.25, 0.3) is 0 Å². The Morgan fingerprint density at radius 2 is 1.84 bits per heavy atom. The fourth-order valence-electron chi connectivity index (χ4n) is 1.66. The lowest BCUT2D eigenvalue weighted by molar-refractivity contribution is 0.415. The van der Waals surface area contributed by atoms with Crippen LogP contribution >= 0.6 is 11.6 Å². The second-order valence-electron chi connectivity index (χ2n) is 3.90. The summed E-state index contributed by atoms with van der Waals surface area (Å²) in [5.41, 5.74) is 0.667. The summed E-state index contributed by atoms with van der Waals surface area (Å²) in [5, 5.41) is 3.40. The van der Waals surface area contributed by atoms with E-state index >= 15 is 0 Å². The molecule has 1 N–H and O–H groups in total. The van der Waals surface area contributed by atoms with Crippen molar-refractivity contribution >= 4 is 17.3 Å². The Hall–Kier alpha value is -1.81. The van der Waals surface area contributed by atoms with Gasteiger partial charge in [-0.05, 0) is 24.3 Å². The fourth-order valence-corrected chi connectivity index (χ4v) is 1.86. The van der Waals surface area contributed by atoms with Crippen LogP contribution in [-0.2, 0) is 6.54 Å². The van der Waals surface area contributed by atoms with E-state index in [1.807, 2.05) is 0 Å². The van der Waals surface area contributed by atoms with Crippen molar-refractivity contribution in [3.63, 3.8) is 0 Å². The van der Waals surface area contributed by atoms with Crippen LogP contribution in [0.2, 0.25) is 5.02 Å². The summed E-state index contributed by atoms with van der Waals surface area (Å²) in [7, 11) is 1.50. The lowest BCUT2D eigenvalue weighted by atomic mass is 10.2. The van der Waals surface area contributed by atoms with E-state index in [1.54, 1.807) is 18.2 Å². The molecule has 0 aliphatic carbocycles. The molecule has 2 aromatic rings. The molecule has 0 bridgehead atoms. The fraction of sp³-hybridized carbons (Fsp3) is 0.143. The van der Waals surface area contributed by atoms with Crippen LogP contribution in [0.5, 0.6) is 5.75 Å². The Kier molecular flexibility index (Phi) is 4.22. The predicted octanol–water partition coefficient (Wildman–Crippen LogP) is 4.24. The third-order valence-electron chi connectivity index (χ3n) is 2.68. The molecule has 0 amide bonds. The molecule has 0 radical (unpaired) electrons. The third kappa shape index (κ3) is 3.15. The van der Waals surface area contributed by atoms with Crippen molar-refractivity contribution in [3.05, 3.63) is 58.6 Å². The zero-order chi connectivity index (χ0) is 13.8. The van der Waals surface area contributed by atoms with Crippen LogP contribution in [0.15, 0.2) is 36.4 Å². The number of hydrogen-bond acceptors (Lipinski definition) is 2. The molecule has 0 saturated heterocycles. The first-order valence-corrected chi connectivity index (χ1v) is 6.00. The maximum Gasteiger partial charge on any atom is 0.139 e. The summed E-state index contributed by atoms with van der Waals surface area (Å²) in [4.78, 5) is 0. The topological polar surface area (TPSA) is 21.3 Å². The van der Waals surface area contributed by atoms with Gasteiger partial charge in [0.1, 0.15) is 17.4 Å². The van der Waals surface area contributed by atoms with Crippen molar-refractivity contribution in [2.75, 3.05) is 12.4 Å². The number of nitrogens with one attached hydrogen (secondary N) is 1. The molecule has 5 heteroatoms. The van der Waals surface area contributed by atoms with Gasteiger partial charge >= 0.3 is 0 Å². The van der Waals surface area contributed by atoms with Crippen LogP contribution in [0.25, 0.3) is 0 Å². The average molecular weight is 284 g/mol. The van der Waals surface area contributed by atoms with Gasteiger partial charge in [0, 0.05) is 23.9 Å². The van der Waals surface area contributed by atoms with Gasteiger partial charge in [-0.15, -0.1) is 0 Å². The molecule has 19 heavy (non-hydrogen) atoms. The van der Waals surface area contributed by atoms with Crippen molar-refractivity contribution < 1.29 is 13.5 Å². The molecule has 0 heterocycles. The van der Waals surface area contributed by atoms with E-state index in [2.05, 4.69) is 5.32 Å². The van der Waals surface area contributed by atoms with Crippen molar-refractivity contribution in [3.8, 4) is 5.75 Å². The minimum Gasteiger partial charge on any atom is -0.495 e. The van der Waals surface area contributed by atoms with Crippen LogP contribution in [0, 0.1) is 11.6 Å². The first-order chi connectivity index (χ1) is 9.11. The number of hydrogen-bond donors (Lipinski definition) is 1. The van der Waals surface area contributed by atoms with Crippen LogP contribution in [0.4, 0.5) is 14.5 Å². The standard InChI is InChI=1S/C14H12ClF2NO/c1-19-14-7-9(5-6-11(14)15)18-8-10-12(16)3-2-4-13(10)17/h2-7,18H,8H2,1H3. The molecule has 2 nitrogen and oxygen atoms in total. The van der Waals surface area contributed by atoms with Gasteiger partial charge in [0.15, 0.2) is 0 Å². The molecule has 0 fully saturated rings. The normalized spacial score (nSPS) is 10.3. The van der Waals surface area contributed by atoms with Crippen LogP contribution in [-0.4, -0.2) is 7.11 Å². The van der Waals surface area contributed by atoms with Crippen LogP contribution < -0.4 is 10.1 Å². The summed E-state index contributed by atoms with van der Waals surface area (Å²) in [6.07, 6.45) is 0. The molecular weight excluding hydrogens is 272 g/mol. The molecular formula is C14H12ClF2NO. The largest absolute Gasteiger partial charge is 0.495 e. The number of methoxy groups -OCH3 is 1. The van der Waals surface area contributed by atoms with Gasteiger partial charge in [0.2, 0.25) is 0 Å². The SMILES string of the molecule is COc1cc(NCc2c(F)cccc2F)ccc1Cl. The van der Waals surface area contributed by atoms with E-state index in [1.165, 1.54) is 25.3 Å². The number of halogens is 3. The first-order valence-electron chi connectivity index (χ1n) is 5.62. The Labute approximate surface area is 115 Å². The van der Waals surface area contributed by atoms with Crippen molar-refractivity contribution in [1.29, 1.82) is 0 Å². The Balaban J connectivity index is 2.15. The molecule has 0 aliphatic rings. The van der Waals surface area contributed by atoms with Crippen LogP contribution in [0.3, 0.4) is 0 Å². The molecule has 0 spiro atoms. The molecule has 2 rings (SSSR count). The van der Waals surface area contributed by atoms with Gasteiger partial charge in [-0.2, -0.15) is 0 Å². The van der Waals surface area contributed by atoms with E-state index in [0.717, 1.165) is 0 Å². The van der Waals surface area contributed by atoms with Crippen molar-refractivity contribution in [2.24, 2.45) is 0 Å². The van der Waals surface area contributed by atoms with Gasteiger partial charge in [0.05, 0.1) is 12.1 Å². The maximum absolute atomic E-state index is 13.4. The second kappa shape index (κ2) is 5.89. The predicted molar refractivity (Wildman–Crippen MR) is 71.7 cm³/mol.